The highest BCUT2D eigenvalue weighted by molar-refractivity contribution is 6.76. The van der Waals surface area contributed by atoms with Crippen LogP contribution in [0.25, 0.3) is 0 Å². The number of aldehydes is 1. The fourth-order valence-corrected chi connectivity index (χ4v) is 0.428. The topological polar surface area (TPSA) is 132 Å². The first-order valence-corrected chi connectivity index (χ1v) is 2.98. The fraction of sp³-hybridized carbons (Fsp3) is 0.167. The first-order chi connectivity index (χ1) is 5.91. The largest absolute Gasteiger partial charge is 0.480 e. The monoisotopic (exact) mass is 187 g/mol. The molecule has 7 heteroatoms. The number of carboxylic acid groups (broad SMARTS) is 1. The smallest absolute Gasteiger partial charge is 0.328 e. The third kappa shape index (κ3) is 2.56. The maximum Gasteiger partial charge on any atom is 0.328 e. The Morgan fingerprint density at radius 3 is 2.00 bits per heavy atom. The van der Waals surface area contributed by atoms with Crippen molar-refractivity contribution in [3.63, 3.8) is 0 Å². The van der Waals surface area contributed by atoms with Crippen molar-refractivity contribution in [3.05, 3.63) is 0 Å². The van der Waals surface area contributed by atoms with Crippen LogP contribution < -0.4 is 5.73 Å². The van der Waals surface area contributed by atoms with Gasteiger partial charge in [0.05, 0.1) is 0 Å². The highest BCUT2D eigenvalue weighted by Crippen LogP contribution is 1.86. The summed E-state index contributed by atoms with van der Waals surface area (Å²) in [5.74, 6) is -6.67. The fourth-order valence-electron chi connectivity index (χ4n) is 0.428. The lowest BCUT2D eigenvalue weighted by molar-refractivity contribution is -0.150. The van der Waals surface area contributed by atoms with E-state index in [4.69, 9.17) is 10.8 Å². The van der Waals surface area contributed by atoms with Crippen molar-refractivity contribution in [2.45, 2.75) is 6.04 Å². The first kappa shape index (κ1) is 11.1. The average Bonchev–Trinajstić information content (AvgIpc) is 2.12. The molecule has 0 saturated carbocycles. The molecule has 0 aromatic carbocycles. The molecule has 0 rings (SSSR count). The number of hydrogen-bond donors (Lipinski definition) is 2. The van der Waals surface area contributed by atoms with E-state index in [1.54, 1.807) is 0 Å². The zero-order valence-electron chi connectivity index (χ0n) is 6.22. The van der Waals surface area contributed by atoms with Crippen LogP contribution in [0.5, 0.6) is 0 Å². The van der Waals surface area contributed by atoms with Crippen LogP contribution in [0.15, 0.2) is 0 Å². The van der Waals surface area contributed by atoms with E-state index < -0.39 is 29.4 Å². The van der Waals surface area contributed by atoms with Gasteiger partial charge in [0.1, 0.15) is 0 Å². The van der Waals surface area contributed by atoms with Crippen LogP contribution in [0.4, 0.5) is 0 Å². The maximum atomic E-state index is 10.6. The molecule has 0 heterocycles. The summed E-state index contributed by atoms with van der Waals surface area (Å²) in [6, 6.07) is -2.10. The van der Waals surface area contributed by atoms with Crippen LogP contribution in [0.1, 0.15) is 0 Å². The number of carbonyl (C=O) groups is 5. The molecular weight excluding hydrogens is 182 g/mol. The van der Waals surface area contributed by atoms with Crippen LogP contribution in [0.3, 0.4) is 0 Å². The van der Waals surface area contributed by atoms with E-state index in [-0.39, 0.29) is 6.29 Å². The van der Waals surface area contributed by atoms with E-state index in [0.29, 0.717) is 0 Å². The van der Waals surface area contributed by atoms with Crippen molar-refractivity contribution in [2.75, 3.05) is 0 Å². The molecule has 1 unspecified atom stereocenters. The van der Waals surface area contributed by atoms with E-state index >= 15 is 0 Å². The van der Waals surface area contributed by atoms with Gasteiger partial charge in [0.15, 0.2) is 12.3 Å². The average molecular weight is 187 g/mol. The highest BCUT2D eigenvalue weighted by atomic mass is 16.4. The number of carboxylic acids is 1. The molecule has 1 atom stereocenters. The summed E-state index contributed by atoms with van der Waals surface area (Å²) < 4.78 is 0. The number of Topliss-reactive ketones (excluding diaryl/α,β-unsaturated/α-hetero) is 3. The molecule has 0 aromatic rings. The number of aliphatic carboxylic acids is 1. The lowest BCUT2D eigenvalue weighted by Crippen LogP contribution is -2.45. The van der Waals surface area contributed by atoms with Crippen LogP contribution in [0.2, 0.25) is 0 Å². The summed E-state index contributed by atoms with van der Waals surface area (Å²) in [6.45, 7) is 0. The molecule has 7 nitrogen and oxygen atoms in total. The normalized spacial score (nSPS) is 11.5. The predicted octanol–water partition coefficient (Wildman–Crippen LogP) is -2.70. The van der Waals surface area contributed by atoms with Crippen molar-refractivity contribution in [1.29, 1.82) is 0 Å². The number of hydrogen-bond acceptors (Lipinski definition) is 6. The quantitative estimate of drug-likeness (QED) is 0.272. The minimum absolute atomic E-state index is 0.380. The minimum Gasteiger partial charge on any atom is -0.480 e. The molecule has 0 aliphatic heterocycles. The van der Waals surface area contributed by atoms with E-state index in [1.807, 2.05) is 0 Å². The lowest BCUT2D eigenvalue weighted by Gasteiger charge is -2.00. The van der Waals surface area contributed by atoms with Gasteiger partial charge < -0.3 is 10.8 Å². The van der Waals surface area contributed by atoms with Gasteiger partial charge in [-0.25, -0.2) is 0 Å². The van der Waals surface area contributed by atoms with E-state index in [1.165, 1.54) is 0 Å². The van der Waals surface area contributed by atoms with Gasteiger partial charge in [-0.15, -0.1) is 0 Å². The third-order valence-corrected chi connectivity index (χ3v) is 1.10. The van der Waals surface area contributed by atoms with Crippen molar-refractivity contribution in [1.82, 2.24) is 0 Å². The molecular formula is C6H5NO6. The molecule has 0 aromatic heterocycles. The Morgan fingerprint density at radius 2 is 1.69 bits per heavy atom. The molecule has 0 aliphatic rings. The summed E-state index contributed by atoms with van der Waals surface area (Å²) in [7, 11) is 0. The van der Waals surface area contributed by atoms with Gasteiger partial charge in [-0.3, -0.25) is 24.0 Å². The molecule has 0 amide bonds. The van der Waals surface area contributed by atoms with Gasteiger partial charge in [0.2, 0.25) is 5.78 Å². The number of carbonyl (C=O) groups excluding carboxylic acids is 4. The van der Waals surface area contributed by atoms with Crippen LogP contribution in [-0.2, 0) is 24.0 Å². The predicted molar refractivity (Wildman–Crippen MR) is 36.7 cm³/mol. The van der Waals surface area contributed by atoms with Crippen LogP contribution in [-0.4, -0.2) is 40.8 Å². The van der Waals surface area contributed by atoms with Crippen molar-refractivity contribution < 1.29 is 29.1 Å². The molecule has 0 fully saturated rings. The Hall–Kier alpha value is -1.89. The SMILES string of the molecule is NC(C(=O)O)C(=O)C(=O)C(=O)C=O. The van der Waals surface area contributed by atoms with Crippen molar-refractivity contribution in [2.24, 2.45) is 5.73 Å². The summed E-state index contributed by atoms with van der Waals surface area (Å²) in [6.07, 6.45) is -0.380. The lowest BCUT2D eigenvalue weighted by atomic mass is 10.1. The van der Waals surface area contributed by atoms with Crippen molar-refractivity contribution in [3.8, 4) is 0 Å². The Labute approximate surface area is 71.5 Å². The van der Waals surface area contributed by atoms with E-state index in [9.17, 15) is 24.0 Å². The molecule has 0 radical (unpaired) electrons. The summed E-state index contributed by atoms with van der Waals surface area (Å²) >= 11 is 0. The van der Waals surface area contributed by atoms with Crippen LogP contribution in [0, 0.1) is 0 Å². The summed E-state index contributed by atoms with van der Waals surface area (Å²) in [5.41, 5.74) is 4.72. The van der Waals surface area contributed by atoms with Gasteiger partial charge >= 0.3 is 5.97 Å². The Kier molecular flexibility index (Phi) is 3.60. The Bertz CT molecular complexity index is 293. The zero-order valence-corrected chi connectivity index (χ0v) is 6.22. The number of rotatable bonds is 5. The molecule has 13 heavy (non-hydrogen) atoms. The molecule has 0 aliphatic carbocycles. The molecule has 0 saturated heterocycles. The third-order valence-electron chi connectivity index (χ3n) is 1.10. The second-order valence-corrected chi connectivity index (χ2v) is 1.99. The second-order valence-electron chi connectivity index (χ2n) is 1.99. The summed E-state index contributed by atoms with van der Waals surface area (Å²) in [5, 5.41) is 8.16. The maximum absolute atomic E-state index is 10.6. The molecule has 3 N–H and O–H groups in total. The number of ketones is 3. The van der Waals surface area contributed by atoms with E-state index in [2.05, 4.69) is 0 Å². The summed E-state index contributed by atoms with van der Waals surface area (Å²) in [4.78, 5) is 51.3. The second kappa shape index (κ2) is 4.21. The highest BCUT2D eigenvalue weighted by Gasteiger charge is 2.31. The standard InChI is InChI=1S/C6H5NO6/c7-3(6(12)13)5(11)4(10)2(9)1-8/h1,3H,7H2,(H,12,13). The van der Waals surface area contributed by atoms with Gasteiger partial charge in [-0.05, 0) is 0 Å². The van der Waals surface area contributed by atoms with Gasteiger partial charge in [-0.1, -0.05) is 0 Å². The Morgan fingerprint density at radius 1 is 1.23 bits per heavy atom. The molecule has 0 bridgehead atoms. The zero-order chi connectivity index (χ0) is 10.6. The number of nitrogens with two attached hydrogens (primary N) is 1. The van der Waals surface area contributed by atoms with Crippen LogP contribution >= 0.6 is 0 Å². The minimum atomic E-state index is -2.10. The van der Waals surface area contributed by atoms with E-state index in [0.717, 1.165) is 0 Å². The van der Waals surface area contributed by atoms with Gasteiger partial charge in [0, 0.05) is 0 Å². The molecule has 70 valence electrons. The Balaban J connectivity index is 4.62. The van der Waals surface area contributed by atoms with Crippen molar-refractivity contribution >= 4 is 29.6 Å². The first-order valence-electron chi connectivity index (χ1n) is 2.98. The molecule has 0 spiro atoms. The van der Waals surface area contributed by atoms with Gasteiger partial charge in [-0.2, -0.15) is 0 Å². The van der Waals surface area contributed by atoms with Gasteiger partial charge in [0.25, 0.3) is 11.6 Å².